The number of aliphatic imine (C=N–C) groups is 2. The minimum Gasteiger partial charge on any atom is -0.480 e. The van der Waals surface area contributed by atoms with Crippen LogP contribution >= 0.6 is 0 Å². The number of likely N-dealkylation sites (tertiary alicyclic amines) is 1. The molecule has 0 radical (unpaired) electrons. The zero-order valence-corrected chi connectivity index (χ0v) is 36.1. The van der Waals surface area contributed by atoms with Crippen LogP contribution in [0.5, 0.6) is 0 Å². The summed E-state index contributed by atoms with van der Waals surface area (Å²) in [5.41, 5.74) is 29.6. The third-order valence-corrected chi connectivity index (χ3v) is 10.4. The van der Waals surface area contributed by atoms with E-state index in [0.717, 1.165) is 16.5 Å². The van der Waals surface area contributed by atoms with Gasteiger partial charge in [-0.05, 0) is 68.9 Å². The molecule has 0 aliphatic carbocycles. The molecule has 0 unspecified atom stereocenters. The van der Waals surface area contributed by atoms with E-state index in [1.165, 1.54) is 4.90 Å². The minimum atomic E-state index is -1.59. The van der Waals surface area contributed by atoms with E-state index in [4.69, 9.17) is 28.7 Å². The number of aliphatic hydroxyl groups is 2. The van der Waals surface area contributed by atoms with Crippen LogP contribution in [0.1, 0.15) is 64.4 Å². The van der Waals surface area contributed by atoms with E-state index >= 15 is 0 Å². The van der Waals surface area contributed by atoms with Crippen LogP contribution in [0.2, 0.25) is 0 Å². The SMILES string of the molecule is CC(C)C[C@H](NC(=O)[C@H](CO)NC(=O)[C@H](CCCN=C(N)N)NC(=O)[C@@H]1CCCN1C(=O)[C@H](CCCN=C(N)N)NC(=O)[C@H](CO)NC(=O)[C@@H](N)Cc1c[nH]c2ccccc12)C(=O)O. The Bertz CT molecular complexity index is 1980. The van der Waals surface area contributed by atoms with Gasteiger partial charge in [0.25, 0.3) is 0 Å². The molecule has 24 nitrogen and oxygen atoms in total. The molecule has 354 valence electrons. The van der Waals surface area contributed by atoms with Crippen LogP contribution in [0, 0.1) is 5.92 Å². The van der Waals surface area contributed by atoms with Gasteiger partial charge < -0.3 is 80.5 Å². The summed E-state index contributed by atoms with van der Waals surface area (Å²) in [5.74, 6) is -6.77. The molecule has 2 heterocycles. The molecular weight excluding hydrogens is 837 g/mol. The van der Waals surface area contributed by atoms with Crippen molar-refractivity contribution in [2.75, 3.05) is 32.8 Å². The third-order valence-electron chi connectivity index (χ3n) is 10.4. The number of benzene rings is 1. The summed E-state index contributed by atoms with van der Waals surface area (Å²) < 4.78 is 0. The minimum absolute atomic E-state index is 0.0291. The normalized spacial score (nSPS) is 16.3. The van der Waals surface area contributed by atoms with Crippen LogP contribution in [0.4, 0.5) is 0 Å². The molecule has 0 saturated carbocycles. The van der Waals surface area contributed by atoms with Crippen molar-refractivity contribution in [1.29, 1.82) is 0 Å². The summed E-state index contributed by atoms with van der Waals surface area (Å²) in [6.07, 6.45) is 2.69. The quantitative estimate of drug-likeness (QED) is 0.0241. The average Bonchev–Trinajstić information content (AvgIpc) is 3.90. The molecule has 6 amide bonds. The molecule has 1 aromatic carbocycles. The van der Waals surface area contributed by atoms with E-state index in [9.17, 15) is 48.9 Å². The maximum absolute atomic E-state index is 14.2. The van der Waals surface area contributed by atoms with Crippen molar-refractivity contribution in [2.45, 2.75) is 108 Å². The van der Waals surface area contributed by atoms with Crippen molar-refractivity contribution in [3.63, 3.8) is 0 Å². The Hall–Kier alpha value is -6.53. The number of nitrogens with one attached hydrogen (secondary N) is 6. The number of para-hydroxylation sites is 1. The van der Waals surface area contributed by atoms with Crippen LogP contribution in [0.3, 0.4) is 0 Å². The topological polar surface area (TPSA) is 414 Å². The molecule has 1 aliphatic heterocycles. The Labute approximate surface area is 370 Å². The number of nitrogens with zero attached hydrogens (tertiary/aromatic N) is 3. The highest BCUT2D eigenvalue weighted by Crippen LogP contribution is 2.21. The zero-order valence-electron chi connectivity index (χ0n) is 36.1. The Morgan fingerprint density at radius 1 is 0.766 bits per heavy atom. The molecule has 1 saturated heterocycles. The number of aliphatic carboxylic acids is 1. The summed E-state index contributed by atoms with van der Waals surface area (Å²) in [7, 11) is 0. The Balaban J connectivity index is 1.78. The molecule has 64 heavy (non-hydrogen) atoms. The van der Waals surface area contributed by atoms with Crippen LogP contribution in [-0.2, 0) is 40.0 Å². The van der Waals surface area contributed by atoms with E-state index in [-0.39, 0.29) is 82.4 Å². The molecule has 1 aromatic heterocycles. The Kier molecular flexibility index (Phi) is 20.7. The second-order valence-electron chi connectivity index (χ2n) is 15.9. The first kappa shape index (κ1) is 51.8. The Morgan fingerprint density at radius 2 is 1.30 bits per heavy atom. The molecule has 19 N–H and O–H groups in total. The first-order valence-corrected chi connectivity index (χ1v) is 21.0. The van der Waals surface area contributed by atoms with Crippen molar-refractivity contribution in [2.24, 2.45) is 44.6 Å². The number of aliphatic hydroxyl groups excluding tert-OH is 2. The lowest BCUT2D eigenvalue weighted by Gasteiger charge is -2.31. The van der Waals surface area contributed by atoms with Gasteiger partial charge in [-0.2, -0.15) is 0 Å². The monoisotopic (exact) mass is 900 g/mol. The van der Waals surface area contributed by atoms with E-state index in [1.54, 1.807) is 20.0 Å². The van der Waals surface area contributed by atoms with Gasteiger partial charge in [-0.3, -0.25) is 38.8 Å². The van der Waals surface area contributed by atoms with Crippen LogP contribution in [-0.4, -0.2) is 154 Å². The van der Waals surface area contributed by atoms with E-state index < -0.39 is 96.9 Å². The second-order valence-corrected chi connectivity index (χ2v) is 15.9. The Morgan fingerprint density at radius 3 is 1.86 bits per heavy atom. The van der Waals surface area contributed by atoms with Crippen LogP contribution in [0.15, 0.2) is 40.4 Å². The highest BCUT2D eigenvalue weighted by Gasteiger charge is 2.40. The maximum atomic E-state index is 14.2. The number of fused-ring (bicyclic) bond motifs is 1. The van der Waals surface area contributed by atoms with E-state index in [1.807, 2.05) is 24.3 Å². The lowest BCUT2D eigenvalue weighted by Crippen LogP contribution is -2.60. The molecule has 0 bridgehead atoms. The van der Waals surface area contributed by atoms with Crippen molar-refractivity contribution in [1.82, 2.24) is 36.5 Å². The number of aromatic amines is 1. The van der Waals surface area contributed by atoms with Crippen molar-refractivity contribution >= 4 is 64.2 Å². The van der Waals surface area contributed by atoms with Crippen LogP contribution < -0.4 is 55.3 Å². The predicted octanol–water partition coefficient (Wildman–Crippen LogP) is -4.32. The summed E-state index contributed by atoms with van der Waals surface area (Å²) in [5, 5.41) is 43.0. The summed E-state index contributed by atoms with van der Waals surface area (Å²) in [4.78, 5) is 106. The van der Waals surface area contributed by atoms with E-state index in [2.05, 4.69) is 41.6 Å². The van der Waals surface area contributed by atoms with Crippen molar-refractivity contribution in [3.05, 3.63) is 36.0 Å². The molecule has 0 spiro atoms. The molecule has 1 fully saturated rings. The van der Waals surface area contributed by atoms with Gasteiger partial charge in [0.05, 0.1) is 19.3 Å². The van der Waals surface area contributed by atoms with Crippen LogP contribution in [0.25, 0.3) is 10.9 Å². The number of rotatable bonds is 26. The standard InChI is InChI=1S/C40H64N14O10/c1-21(2)16-28(38(63)64)51-35(60)30(20-56)53-33(58)26(10-5-13-46-39(42)43)49-36(61)31-12-7-15-54(31)37(62)27(11-6-14-47-40(44)45)50-34(59)29(19-55)52-32(57)24(41)17-22-18-48-25-9-4-3-8-23(22)25/h3-4,8-9,18,21,24,26-31,48,55-56H,5-7,10-17,19-20,41H2,1-2H3,(H,49,61)(H,50,59)(H,51,60)(H,52,57)(H,53,58)(H,63,64)(H4,42,43,46)(H4,44,45,47)/t24-,26-,27-,28-,29-,30-,31-/m0/s1. The molecular formula is C40H64N14O10. The lowest BCUT2D eigenvalue weighted by molar-refractivity contribution is -0.143. The first-order chi connectivity index (χ1) is 30.4. The number of carboxylic acid groups (broad SMARTS) is 1. The number of guanidine groups is 2. The van der Waals surface area contributed by atoms with Gasteiger partial charge in [0, 0.05) is 36.7 Å². The number of carbonyl (C=O) groups is 7. The van der Waals surface area contributed by atoms with Gasteiger partial charge in [-0.25, -0.2) is 4.79 Å². The van der Waals surface area contributed by atoms with Gasteiger partial charge in [-0.15, -0.1) is 0 Å². The number of H-pyrrole nitrogens is 1. The van der Waals surface area contributed by atoms with Gasteiger partial charge >= 0.3 is 5.97 Å². The van der Waals surface area contributed by atoms with Gasteiger partial charge in [0.15, 0.2) is 11.9 Å². The smallest absolute Gasteiger partial charge is 0.326 e. The van der Waals surface area contributed by atoms with Crippen molar-refractivity contribution in [3.8, 4) is 0 Å². The number of hydrogen-bond acceptors (Lipinski definition) is 12. The molecule has 2 aromatic rings. The second kappa shape index (κ2) is 25.5. The first-order valence-electron chi connectivity index (χ1n) is 21.0. The van der Waals surface area contributed by atoms with Gasteiger partial charge in [0.2, 0.25) is 35.4 Å². The number of aromatic nitrogens is 1. The lowest BCUT2D eigenvalue weighted by atomic mass is 10.0. The van der Waals surface area contributed by atoms with Gasteiger partial charge in [-0.1, -0.05) is 32.0 Å². The highest BCUT2D eigenvalue weighted by atomic mass is 16.4. The molecule has 3 rings (SSSR count). The predicted molar refractivity (Wildman–Crippen MR) is 235 cm³/mol. The van der Waals surface area contributed by atoms with Crippen molar-refractivity contribution < 1.29 is 48.9 Å². The fraction of sp³-hybridized carbons (Fsp3) is 0.575. The average molecular weight is 901 g/mol. The summed E-state index contributed by atoms with van der Waals surface area (Å²) in [6, 6.07) is -1.86. The van der Waals surface area contributed by atoms with E-state index in [0.29, 0.717) is 6.42 Å². The molecule has 7 atom stereocenters. The number of amides is 6. The fourth-order valence-electron chi connectivity index (χ4n) is 7.11. The summed E-state index contributed by atoms with van der Waals surface area (Å²) >= 11 is 0. The fourth-order valence-corrected chi connectivity index (χ4v) is 7.11. The third kappa shape index (κ3) is 16.0. The molecule has 24 heteroatoms. The summed E-state index contributed by atoms with van der Waals surface area (Å²) in [6.45, 7) is 1.98. The van der Waals surface area contributed by atoms with Gasteiger partial charge in [0.1, 0.15) is 36.3 Å². The maximum Gasteiger partial charge on any atom is 0.326 e. The zero-order chi connectivity index (χ0) is 47.5. The number of nitrogens with two attached hydrogens (primary N) is 5. The number of carbonyl (C=O) groups excluding carboxylic acids is 6. The molecule has 1 aliphatic rings. The highest BCUT2D eigenvalue weighted by molar-refractivity contribution is 5.97. The number of hydrogen-bond donors (Lipinski definition) is 14. The number of carboxylic acids is 1. The largest absolute Gasteiger partial charge is 0.480 e.